The molecule has 0 saturated carbocycles. The number of nitrogens with zero attached hydrogens (tertiary/aromatic N) is 1. The number of hydrogen-bond donors (Lipinski definition) is 3. The van der Waals surface area contributed by atoms with Gasteiger partial charge in [-0.3, -0.25) is 9.59 Å². The molecule has 4 aromatic rings. The van der Waals surface area contributed by atoms with Gasteiger partial charge in [0.1, 0.15) is 11.9 Å². The molecule has 0 radical (unpaired) electrons. The molecule has 43 heavy (non-hydrogen) atoms. The highest BCUT2D eigenvalue weighted by atomic mass is 16.5. The van der Waals surface area contributed by atoms with E-state index in [1.807, 2.05) is 85.8 Å². The predicted molar refractivity (Wildman–Crippen MR) is 168 cm³/mol. The molecule has 1 aliphatic heterocycles. The standard InChI is InChI=1S/C35H36N4O4/c1-2-12-32(40)36-29-21-22-39(24-29)34(41)30-23-28(38-35(42)37-27-17-10-5-11-18-27)19-20-31(30)43-33(25-13-6-3-7-14-25)26-15-8-4-9-16-26/h3-11,13-20,23,29,33H,2,12,21-22,24H2,1H3,(H,36,40)(H2,37,38,42). The van der Waals surface area contributed by atoms with Gasteiger partial charge in [-0.25, -0.2) is 4.79 Å². The third-order valence-corrected chi connectivity index (χ3v) is 7.27. The summed E-state index contributed by atoms with van der Waals surface area (Å²) in [7, 11) is 0. The van der Waals surface area contributed by atoms with E-state index >= 15 is 0 Å². The first-order chi connectivity index (χ1) is 21.0. The Morgan fingerprint density at radius 3 is 2.05 bits per heavy atom. The smallest absolute Gasteiger partial charge is 0.323 e. The summed E-state index contributed by atoms with van der Waals surface area (Å²) < 4.78 is 6.63. The molecule has 1 heterocycles. The van der Waals surface area contributed by atoms with E-state index < -0.39 is 12.1 Å². The second-order valence-electron chi connectivity index (χ2n) is 10.5. The highest BCUT2D eigenvalue weighted by Gasteiger charge is 2.30. The molecule has 4 aromatic carbocycles. The molecular weight excluding hydrogens is 540 g/mol. The number of urea groups is 1. The molecule has 4 amide bonds. The van der Waals surface area contributed by atoms with E-state index in [0.717, 1.165) is 17.5 Å². The molecule has 1 saturated heterocycles. The van der Waals surface area contributed by atoms with Gasteiger partial charge in [-0.1, -0.05) is 85.8 Å². The lowest BCUT2D eigenvalue weighted by molar-refractivity contribution is -0.121. The summed E-state index contributed by atoms with van der Waals surface area (Å²) in [5, 5.41) is 8.67. The van der Waals surface area contributed by atoms with Gasteiger partial charge in [0.05, 0.1) is 5.56 Å². The van der Waals surface area contributed by atoms with Gasteiger partial charge < -0.3 is 25.6 Å². The average Bonchev–Trinajstić information content (AvgIpc) is 3.49. The molecule has 3 N–H and O–H groups in total. The van der Waals surface area contributed by atoms with E-state index in [-0.39, 0.29) is 17.9 Å². The van der Waals surface area contributed by atoms with Crippen molar-refractivity contribution in [2.45, 2.75) is 38.3 Å². The zero-order valence-electron chi connectivity index (χ0n) is 24.2. The summed E-state index contributed by atoms with van der Waals surface area (Å²) in [5.74, 6) is 0.166. The minimum atomic E-state index is -0.464. The van der Waals surface area contributed by atoms with Crippen LogP contribution >= 0.6 is 0 Å². The van der Waals surface area contributed by atoms with Crippen molar-refractivity contribution in [2.24, 2.45) is 0 Å². The number of anilines is 2. The highest BCUT2D eigenvalue weighted by Crippen LogP contribution is 2.33. The van der Waals surface area contributed by atoms with Crippen LogP contribution in [0.1, 0.15) is 53.8 Å². The minimum Gasteiger partial charge on any atom is -0.480 e. The van der Waals surface area contributed by atoms with Crippen molar-refractivity contribution >= 4 is 29.2 Å². The van der Waals surface area contributed by atoms with Gasteiger partial charge >= 0.3 is 6.03 Å². The Bertz CT molecular complexity index is 1490. The molecule has 0 spiro atoms. The Morgan fingerprint density at radius 1 is 0.814 bits per heavy atom. The van der Waals surface area contributed by atoms with Crippen LogP contribution in [-0.2, 0) is 4.79 Å². The fourth-order valence-electron chi connectivity index (χ4n) is 5.16. The number of carbonyl (C=O) groups excluding carboxylic acids is 3. The first kappa shape index (κ1) is 29.4. The lowest BCUT2D eigenvalue weighted by atomic mass is 10.0. The largest absolute Gasteiger partial charge is 0.480 e. The quantitative estimate of drug-likeness (QED) is 0.197. The van der Waals surface area contributed by atoms with Gasteiger partial charge in [0.15, 0.2) is 0 Å². The molecular formula is C35H36N4O4. The van der Waals surface area contributed by atoms with Gasteiger partial charge in [0, 0.05) is 36.9 Å². The van der Waals surface area contributed by atoms with Crippen LogP contribution < -0.4 is 20.7 Å². The highest BCUT2D eigenvalue weighted by molar-refractivity contribution is 6.02. The number of nitrogens with one attached hydrogen (secondary N) is 3. The minimum absolute atomic E-state index is 0.00462. The zero-order chi connectivity index (χ0) is 30.0. The summed E-state index contributed by atoms with van der Waals surface area (Å²) in [6, 6.07) is 33.4. The molecule has 1 fully saturated rings. The van der Waals surface area contributed by atoms with Gasteiger partial charge in [-0.2, -0.15) is 0 Å². The molecule has 0 aliphatic carbocycles. The molecule has 8 nitrogen and oxygen atoms in total. The van der Waals surface area contributed by atoms with Crippen LogP contribution in [0, 0.1) is 0 Å². The second-order valence-corrected chi connectivity index (χ2v) is 10.5. The fourth-order valence-corrected chi connectivity index (χ4v) is 5.16. The number of para-hydroxylation sites is 1. The maximum Gasteiger partial charge on any atom is 0.323 e. The van der Waals surface area contributed by atoms with E-state index in [0.29, 0.717) is 48.6 Å². The Labute approximate surface area is 252 Å². The number of likely N-dealkylation sites (tertiary alicyclic amines) is 1. The van der Waals surface area contributed by atoms with Crippen molar-refractivity contribution < 1.29 is 19.1 Å². The van der Waals surface area contributed by atoms with Crippen molar-refractivity contribution in [2.75, 3.05) is 23.7 Å². The summed E-state index contributed by atoms with van der Waals surface area (Å²) in [4.78, 5) is 40.7. The van der Waals surface area contributed by atoms with Crippen LogP contribution in [0.15, 0.2) is 109 Å². The number of ether oxygens (including phenoxy) is 1. The number of hydrogen-bond acceptors (Lipinski definition) is 4. The third-order valence-electron chi connectivity index (χ3n) is 7.27. The molecule has 0 aromatic heterocycles. The van der Waals surface area contributed by atoms with Crippen LogP contribution in [0.5, 0.6) is 5.75 Å². The SMILES string of the molecule is CCCC(=O)NC1CCN(C(=O)c2cc(NC(=O)Nc3ccccc3)ccc2OC(c2ccccc2)c2ccccc2)C1. The first-order valence-corrected chi connectivity index (χ1v) is 14.6. The summed E-state index contributed by atoms with van der Waals surface area (Å²) >= 11 is 0. The van der Waals surface area contributed by atoms with Crippen molar-refractivity contribution in [3.63, 3.8) is 0 Å². The average molecular weight is 577 g/mol. The molecule has 220 valence electrons. The van der Waals surface area contributed by atoms with E-state index in [2.05, 4.69) is 16.0 Å². The maximum atomic E-state index is 14.0. The normalized spacial score (nSPS) is 14.3. The van der Waals surface area contributed by atoms with Crippen LogP contribution in [0.4, 0.5) is 16.2 Å². The Kier molecular flexibility index (Phi) is 9.69. The second kappa shape index (κ2) is 14.2. The maximum absolute atomic E-state index is 14.0. The van der Waals surface area contributed by atoms with E-state index in [4.69, 9.17) is 4.74 Å². The number of rotatable bonds is 10. The van der Waals surface area contributed by atoms with Gasteiger partial charge in [-0.15, -0.1) is 0 Å². The Morgan fingerprint density at radius 2 is 1.42 bits per heavy atom. The summed E-state index contributed by atoms with van der Waals surface area (Å²) in [5.41, 5.74) is 3.31. The van der Waals surface area contributed by atoms with E-state index in [1.54, 1.807) is 35.2 Å². The van der Waals surface area contributed by atoms with Crippen LogP contribution in [0.3, 0.4) is 0 Å². The first-order valence-electron chi connectivity index (χ1n) is 14.6. The molecule has 1 aliphatic rings. The lowest BCUT2D eigenvalue weighted by Crippen LogP contribution is -2.38. The van der Waals surface area contributed by atoms with Crippen LogP contribution in [0.25, 0.3) is 0 Å². The van der Waals surface area contributed by atoms with Crippen LogP contribution in [0.2, 0.25) is 0 Å². The molecule has 0 bridgehead atoms. The van der Waals surface area contributed by atoms with Crippen molar-refractivity contribution in [1.29, 1.82) is 0 Å². The molecule has 1 unspecified atom stereocenters. The summed E-state index contributed by atoms with van der Waals surface area (Å²) in [6.07, 6.45) is 1.44. The molecule has 8 heteroatoms. The lowest BCUT2D eigenvalue weighted by Gasteiger charge is -2.24. The Hall–Kier alpha value is -5.11. The summed E-state index contributed by atoms with van der Waals surface area (Å²) in [6.45, 7) is 2.87. The van der Waals surface area contributed by atoms with Crippen molar-refractivity contribution in [3.05, 3.63) is 126 Å². The fraction of sp³-hybridized carbons (Fsp3) is 0.229. The van der Waals surface area contributed by atoms with E-state index in [9.17, 15) is 14.4 Å². The third kappa shape index (κ3) is 7.80. The number of carbonyl (C=O) groups is 3. The monoisotopic (exact) mass is 576 g/mol. The van der Waals surface area contributed by atoms with E-state index in [1.165, 1.54) is 0 Å². The van der Waals surface area contributed by atoms with Crippen molar-refractivity contribution in [1.82, 2.24) is 10.2 Å². The Balaban J connectivity index is 1.43. The van der Waals surface area contributed by atoms with Gasteiger partial charge in [-0.05, 0) is 54.3 Å². The zero-order valence-corrected chi connectivity index (χ0v) is 24.2. The van der Waals surface area contributed by atoms with Crippen molar-refractivity contribution in [3.8, 4) is 5.75 Å². The molecule has 5 rings (SSSR count). The predicted octanol–water partition coefficient (Wildman–Crippen LogP) is 6.63. The van der Waals surface area contributed by atoms with Crippen LogP contribution in [-0.4, -0.2) is 41.9 Å². The number of benzene rings is 4. The molecule has 1 atom stereocenters. The van der Waals surface area contributed by atoms with Gasteiger partial charge in [0.2, 0.25) is 5.91 Å². The number of amides is 4. The van der Waals surface area contributed by atoms with Gasteiger partial charge in [0.25, 0.3) is 5.91 Å². The topological polar surface area (TPSA) is 99.8 Å².